The summed E-state index contributed by atoms with van der Waals surface area (Å²) < 4.78 is 0. The molecule has 1 aromatic heterocycles. The average Bonchev–Trinajstić information content (AvgIpc) is 2.37. The SMILES string of the molecule is Cc1cccc(NC(=O)c2cccc(N)c2[N+](=O)[O-])n1. The molecule has 20 heavy (non-hydrogen) atoms. The van der Waals surface area contributed by atoms with Crippen LogP contribution >= 0.6 is 0 Å². The highest BCUT2D eigenvalue weighted by Gasteiger charge is 2.23. The highest BCUT2D eigenvalue weighted by atomic mass is 16.6. The van der Waals surface area contributed by atoms with Gasteiger partial charge in [-0.05, 0) is 31.2 Å². The molecule has 0 unspecified atom stereocenters. The number of rotatable bonds is 3. The third-order valence-corrected chi connectivity index (χ3v) is 2.62. The van der Waals surface area contributed by atoms with Gasteiger partial charge < -0.3 is 11.1 Å². The number of aryl methyl sites for hydroxylation is 1. The summed E-state index contributed by atoms with van der Waals surface area (Å²) >= 11 is 0. The van der Waals surface area contributed by atoms with Gasteiger partial charge in [0.1, 0.15) is 17.1 Å². The van der Waals surface area contributed by atoms with Gasteiger partial charge in [0.05, 0.1) is 4.92 Å². The van der Waals surface area contributed by atoms with Gasteiger partial charge in [0.2, 0.25) is 0 Å². The summed E-state index contributed by atoms with van der Waals surface area (Å²) in [4.78, 5) is 26.5. The van der Waals surface area contributed by atoms with Crippen molar-refractivity contribution in [2.75, 3.05) is 11.1 Å². The lowest BCUT2D eigenvalue weighted by atomic mass is 10.1. The molecule has 2 aromatic rings. The number of anilines is 2. The van der Waals surface area contributed by atoms with Crippen molar-refractivity contribution >= 4 is 23.1 Å². The van der Waals surface area contributed by atoms with E-state index in [-0.39, 0.29) is 11.3 Å². The number of aromatic nitrogens is 1. The lowest BCUT2D eigenvalue weighted by Gasteiger charge is -2.06. The summed E-state index contributed by atoms with van der Waals surface area (Å²) in [5.41, 5.74) is 5.71. The van der Waals surface area contributed by atoms with Crippen molar-refractivity contribution in [2.24, 2.45) is 0 Å². The number of carbonyl (C=O) groups excluding carboxylic acids is 1. The topological polar surface area (TPSA) is 111 Å². The molecular weight excluding hydrogens is 260 g/mol. The number of nitro benzene ring substituents is 1. The molecule has 1 aromatic carbocycles. The Morgan fingerprint density at radius 3 is 2.65 bits per heavy atom. The Balaban J connectivity index is 2.35. The molecule has 3 N–H and O–H groups in total. The van der Waals surface area contributed by atoms with Gasteiger partial charge >= 0.3 is 5.69 Å². The molecule has 7 nitrogen and oxygen atoms in total. The van der Waals surface area contributed by atoms with E-state index in [1.54, 1.807) is 25.1 Å². The van der Waals surface area contributed by atoms with Gasteiger partial charge in [-0.25, -0.2) is 4.98 Å². The Morgan fingerprint density at radius 2 is 2.00 bits per heavy atom. The predicted octanol–water partition coefficient (Wildman–Crippen LogP) is 2.13. The van der Waals surface area contributed by atoms with Gasteiger partial charge in [-0.15, -0.1) is 0 Å². The molecule has 0 aliphatic heterocycles. The first-order valence-electron chi connectivity index (χ1n) is 5.77. The Morgan fingerprint density at radius 1 is 1.30 bits per heavy atom. The van der Waals surface area contributed by atoms with E-state index < -0.39 is 16.5 Å². The van der Waals surface area contributed by atoms with Crippen LogP contribution in [-0.2, 0) is 0 Å². The van der Waals surface area contributed by atoms with Crippen molar-refractivity contribution in [3.63, 3.8) is 0 Å². The number of hydrogen-bond donors (Lipinski definition) is 2. The van der Waals surface area contributed by atoms with Gasteiger partial charge in [0.25, 0.3) is 5.91 Å². The highest BCUT2D eigenvalue weighted by molar-refractivity contribution is 6.07. The molecule has 7 heteroatoms. The quantitative estimate of drug-likeness (QED) is 0.505. The second-order valence-electron chi connectivity index (χ2n) is 4.12. The fourth-order valence-corrected chi connectivity index (χ4v) is 1.74. The van der Waals surface area contributed by atoms with Gasteiger partial charge in [-0.1, -0.05) is 12.1 Å². The number of nitrogen functional groups attached to an aromatic ring is 1. The predicted molar refractivity (Wildman–Crippen MR) is 74.4 cm³/mol. The van der Waals surface area contributed by atoms with Crippen LogP contribution in [0.2, 0.25) is 0 Å². The summed E-state index contributed by atoms with van der Waals surface area (Å²) in [5.74, 6) is -0.297. The van der Waals surface area contributed by atoms with Crippen molar-refractivity contribution < 1.29 is 9.72 Å². The van der Waals surface area contributed by atoms with E-state index in [9.17, 15) is 14.9 Å². The van der Waals surface area contributed by atoms with Gasteiger partial charge in [0.15, 0.2) is 0 Å². The molecule has 0 aliphatic rings. The molecular formula is C13H12N4O3. The summed E-state index contributed by atoms with van der Waals surface area (Å²) in [7, 11) is 0. The number of nitrogens with one attached hydrogen (secondary N) is 1. The number of nitrogens with zero attached hydrogens (tertiary/aromatic N) is 2. The van der Waals surface area contributed by atoms with Crippen LogP contribution < -0.4 is 11.1 Å². The standard InChI is InChI=1S/C13H12N4O3/c1-8-4-2-7-11(15-8)16-13(18)9-5-3-6-10(14)12(9)17(19)20/h2-7H,14H2,1H3,(H,15,16,18). The van der Waals surface area contributed by atoms with Crippen LogP contribution in [0.1, 0.15) is 16.1 Å². The molecule has 0 spiro atoms. The Labute approximate surface area is 114 Å². The molecule has 0 radical (unpaired) electrons. The molecule has 0 bridgehead atoms. The summed E-state index contributed by atoms with van der Waals surface area (Å²) in [6, 6.07) is 9.31. The fourth-order valence-electron chi connectivity index (χ4n) is 1.74. The Bertz CT molecular complexity index is 685. The lowest BCUT2D eigenvalue weighted by Crippen LogP contribution is -2.15. The number of amides is 1. The lowest BCUT2D eigenvalue weighted by molar-refractivity contribution is -0.384. The minimum atomic E-state index is -0.673. The first-order chi connectivity index (χ1) is 9.49. The van der Waals surface area contributed by atoms with E-state index in [1.165, 1.54) is 18.2 Å². The van der Waals surface area contributed by atoms with Crippen LogP contribution in [-0.4, -0.2) is 15.8 Å². The fraction of sp³-hybridized carbons (Fsp3) is 0.0769. The monoisotopic (exact) mass is 272 g/mol. The zero-order chi connectivity index (χ0) is 14.7. The van der Waals surface area contributed by atoms with Crippen molar-refractivity contribution in [1.29, 1.82) is 0 Å². The maximum atomic E-state index is 12.1. The summed E-state index contributed by atoms with van der Waals surface area (Å²) in [6.07, 6.45) is 0. The van der Waals surface area contributed by atoms with Crippen molar-refractivity contribution in [1.82, 2.24) is 4.98 Å². The molecule has 2 rings (SSSR count). The van der Waals surface area contributed by atoms with E-state index in [0.29, 0.717) is 5.82 Å². The van der Waals surface area contributed by atoms with Crippen LogP contribution in [0.5, 0.6) is 0 Å². The second kappa shape index (κ2) is 5.35. The number of para-hydroxylation sites is 1. The van der Waals surface area contributed by atoms with Crippen molar-refractivity contribution in [3.8, 4) is 0 Å². The number of carbonyl (C=O) groups is 1. The molecule has 1 heterocycles. The number of benzene rings is 1. The Kier molecular flexibility index (Phi) is 3.60. The zero-order valence-corrected chi connectivity index (χ0v) is 10.7. The van der Waals surface area contributed by atoms with E-state index in [0.717, 1.165) is 5.69 Å². The number of nitrogens with two attached hydrogens (primary N) is 1. The smallest absolute Gasteiger partial charge is 0.304 e. The summed E-state index contributed by atoms with van der Waals surface area (Å²) in [5, 5.41) is 13.5. The first kappa shape index (κ1) is 13.5. The third kappa shape index (κ3) is 2.72. The van der Waals surface area contributed by atoms with Gasteiger partial charge in [0, 0.05) is 5.69 Å². The zero-order valence-electron chi connectivity index (χ0n) is 10.7. The normalized spacial score (nSPS) is 10.1. The molecule has 102 valence electrons. The number of hydrogen-bond acceptors (Lipinski definition) is 5. The van der Waals surface area contributed by atoms with Gasteiger partial charge in [-0.3, -0.25) is 14.9 Å². The van der Waals surface area contributed by atoms with Crippen molar-refractivity contribution in [3.05, 3.63) is 57.8 Å². The molecule has 0 fully saturated rings. The molecule has 0 atom stereocenters. The molecule has 1 amide bonds. The average molecular weight is 272 g/mol. The van der Waals surface area contributed by atoms with Crippen LogP contribution in [0.3, 0.4) is 0 Å². The highest BCUT2D eigenvalue weighted by Crippen LogP contribution is 2.26. The largest absolute Gasteiger partial charge is 0.393 e. The Hall–Kier alpha value is -2.96. The van der Waals surface area contributed by atoms with Crippen molar-refractivity contribution in [2.45, 2.75) is 6.92 Å². The number of pyridine rings is 1. The minimum absolute atomic E-state index is 0.0557. The van der Waals surface area contributed by atoms with Crippen LogP contribution in [0.4, 0.5) is 17.2 Å². The van der Waals surface area contributed by atoms with E-state index in [1.807, 2.05) is 0 Å². The third-order valence-electron chi connectivity index (χ3n) is 2.62. The molecule has 0 saturated carbocycles. The maximum absolute atomic E-state index is 12.1. The van der Waals surface area contributed by atoms with Gasteiger partial charge in [-0.2, -0.15) is 0 Å². The van der Waals surface area contributed by atoms with Crippen LogP contribution in [0.15, 0.2) is 36.4 Å². The van der Waals surface area contributed by atoms with Crippen LogP contribution in [0, 0.1) is 17.0 Å². The van der Waals surface area contributed by atoms with Crippen LogP contribution in [0.25, 0.3) is 0 Å². The molecule has 0 saturated heterocycles. The van der Waals surface area contributed by atoms with E-state index >= 15 is 0 Å². The first-order valence-corrected chi connectivity index (χ1v) is 5.77. The molecule has 0 aliphatic carbocycles. The summed E-state index contributed by atoms with van der Waals surface area (Å²) in [6.45, 7) is 1.78. The van der Waals surface area contributed by atoms with E-state index in [4.69, 9.17) is 5.73 Å². The minimum Gasteiger partial charge on any atom is -0.393 e. The maximum Gasteiger partial charge on any atom is 0.304 e. The second-order valence-corrected chi connectivity index (χ2v) is 4.12. The van der Waals surface area contributed by atoms with E-state index in [2.05, 4.69) is 10.3 Å². The number of nitro groups is 1.